The molecule has 0 aliphatic rings. The third kappa shape index (κ3) is 3.64. The molecular weight excluding hydrogens is 283 g/mol. The highest BCUT2D eigenvalue weighted by Gasteiger charge is 2.37. The maximum absolute atomic E-state index is 12.6. The molecule has 1 unspecified atom stereocenters. The van der Waals surface area contributed by atoms with Gasteiger partial charge in [0.05, 0.1) is 24.2 Å². The number of nitro benzene ring substituents is 1. The van der Waals surface area contributed by atoms with E-state index >= 15 is 0 Å². The lowest BCUT2D eigenvalue weighted by atomic mass is 10.1. The van der Waals surface area contributed by atoms with E-state index in [1.165, 1.54) is 24.3 Å². The Bertz CT molecular complexity index is 542. The molecule has 0 saturated heterocycles. The molecule has 108 valence electrons. The van der Waals surface area contributed by atoms with Gasteiger partial charge >= 0.3 is 7.60 Å². The Labute approximate surface area is 116 Å². The highest BCUT2D eigenvalue weighted by atomic mass is 31.2. The molecule has 1 aromatic carbocycles. The van der Waals surface area contributed by atoms with Crippen LogP contribution in [0, 0.1) is 21.4 Å². The Morgan fingerprint density at radius 2 is 1.80 bits per heavy atom. The van der Waals surface area contributed by atoms with Crippen LogP contribution in [0.3, 0.4) is 0 Å². The van der Waals surface area contributed by atoms with Gasteiger partial charge in [-0.3, -0.25) is 14.7 Å². The van der Waals surface area contributed by atoms with Gasteiger partial charge < -0.3 is 9.05 Å². The molecule has 1 rings (SSSR count). The maximum Gasteiger partial charge on any atom is 0.352 e. The fourth-order valence-electron chi connectivity index (χ4n) is 1.65. The number of benzene rings is 1. The molecule has 0 amide bonds. The summed E-state index contributed by atoms with van der Waals surface area (Å²) < 4.78 is 22.8. The molecule has 0 aliphatic heterocycles. The van der Waals surface area contributed by atoms with E-state index in [0.29, 0.717) is 5.56 Å². The van der Waals surface area contributed by atoms with Crippen molar-refractivity contribution in [2.24, 2.45) is 0 Å². The second-order valence-electron chi connectivity index (χ2n) is 3.76. The largest absolute Gasteiger partial charge is 0.352 e. The predicted octanol–water partition coefficient (Wildman–Crippen LogP) is 3.43. The average Bonchev–Trinajstić information content (AvgIpc) is 2.40. The van der Waals surface area contributed by atoms with Crippen molar-refractivity contribution >= 4 is 13.3 Å². The Balaban J connectivity index is 3.14. The molecule has 0 radical (unpaired) electrons. The molecule has 0 aromatic heterocycles. The number of non-ortho nitro benzene ring substituents is 1. The van der Waals surface area contributed by atoms with E-state index in [0.717, 1.165) is 0 Å². The quantitative estimate of drug-likeness (QED) is 0.434. The zero-order chi connectivity index (χ0) is 15.2. The molecule has 0 spiro atoms. The van der Waals surface area contributed by atoms with Crippen LogP contribution in [0.25, 0.3) is 0 Å². The number of hydrogen-bond donors (Lipinski definition) is 0. The van der Waals surface area contributed by atoms with E-state index in [1.54, 1.807) is 13.8 Å². The minimum Gasteiger partial charge on any atom is -0.308 e. The Morgan fingerprint density at radius 3 is 2.15 bits per heavy atom. The fourth-order valence-corrected chi connectivity index (χ4v) is 3.42. The van der Waals surface area contributed by atoms with E-state index in [4.69, 9.17) is 9.05 Å². The molecule has 0 aliphatic carbocycles. The summed E-state index contributed by atoms with van der Waals surface area (Å²) in [5, 5.41) is 19.8. The fraction of sp³-hybridized carbons (Fsp3) is 0.417. The third-order valence-electron chi connectivity index (χ3n) is 2.48. The van der Waals surface area contributed by atoms with Crippen molar-refractivity contribution in [2.45, 2.75) is 19.5 Å². The van der Waals surface area contributed by atoms with Crippen LogP contribution >= 0.6 is 7.60 Å². The van der Waals surface area contributed by atoms with Crippen molar-refractivity contribution in [1.82, 2.24) is 0 Å². The Kier molecular flexibility index (Phi) is 5.83. The summed E-state index contributed by atoms with van der Waals surface area (Å²) in [6, 6.07) is 7.17. The lowest BCUT2D eigenvalue weighted by Gasteiger charge is -2.21. The SMILES string of the molecule is CCOP(=O)(OCC)C(C#N)c1ccc([N+](=O)[O-])cc1. The van der Waals surface area contributed by atoms with E-state index in [-0.39, 0.29) is 18.9 Å². The lowest BCUT2D eigenvalue weighted by molar-refractivity contribution is -0.384. The van der Waals surface area contributed by atoms with Gasteiger partial charge in [0.2, 0.25) is 0 Å². The number of nitro groups is 1. The number of nitriles is 1. The van der Waals surface area contributed by atoms with Crippen LogP contribution in [-0.2, 0) is 13.6 Å². The summed E-state index contributed by atoms with van der Waals surface area (Å²) in [5.41, 5.74) is -0.848. The van der Waals surface area contributed by atoms with E-state index in [1.807, 2.05) is 6.07 Å². The first kappa shape index (κ1) is 16.3. The van der Waals surface area contributed by atoms with Crippen molar-refractivity contribution in [3.05, 3.63) is 39.9 Å². The summed E-state index contributed by atoms with van der Waals surface area (Å²) in [7, 11) is -3.62. The molecule has 0 N–H and O–H groups in total. The summed E-state index contributed by atoms with van der Waals surface area (Å²) >= 11 is 0. The molecule has 1 aromatic rings. The van der Waals surface area contributed by atoms with Gasteiger partial charge in [-0.05, 0) is 19.4 Å². The second-order valence-corrected chi connectivity index (χ2v) is 5.87. The Morgan fingerprint density at radius 1 is 1.30 bits per heavy atom. The molecule has 0 saturated carbocycles. The van der Waals surface area contributed by atoms with Gasteiger partial charge in [-0.2, -0.15) is 5.26 Å². The van der Waals surface area contributed by atoms with Gasteiger partial charge in [-0.1, -0.05) is 12.1 Å². The van der Waals surface area contributed by atoms with Crippen molar-refractivity contribution in [3.8, 4) is 6.07 Å². The molecule has 7 nitrogen and oxygen atoms in total. The summed E-state index contributed by atoms with van der Waals surface area (Å²) in [4.78, 5) is 10.0. The zero-order valence-corrected chi connectivity index (χ0v) is 12.1. The van der Waals surface area contributed by atoms with Gasteiger partial charge in [-0.15, -0.1) is 0 Å². The van der Waals surface area contributed by atoms with Gasteiger partial charge in [0.1, 0.15) is 0 Å². The van der Waals surface area contributed by atoms with Crippen LogP contribution in [0.4, 0.5) is 5.69 Å². The van der Waals surface area contributed by atoms with Crippen molar-refractivity contribution < 1.29 is 18.5 Å². The molecule has 8 heteroatoms. The van der Waals surface area contributed by atoms with Crippen LogP contribution in [-0.4, -0.2) is 18.1 Å². The minimum atomic E-state index is -3.62. The highest BCUT2D eigenvalue weighted by Crippen LogP contribution is 2.60. The van der Waals surface area contributed by atoms with Crippen LogP contribution in [0.5, 0.6) is 0 Å². The summed E-state index contributed by atoms with van der Waals surface area (Å²) in [6.45, 7) is 3.58. The van der Waals surface area contributed by atoms with Gasteiger partial charge in [0.15, 0.2) is 5.66 Å². The first-order chi connectivity index (χ1) is 9.48. The predicted molar refractivity (Wildman–Crippen MR) is 72.3 cm³/mol. The topological polar surface area (TPSA) is 102 Å². The molecular formula is C12H15N2O5P. The van der Waals surface area contributed by atoms with Crippen LogP contribution < -0.4 is 0 Å². The van der Waals surface area contributed by atoms with Crippen molar-refractivity contribution in [2.75, 3.05) is 13.2 Å². The molecule has 0 heterocycles. The first-order valence-electron chi connectivity index (χ1n) is 6.01. The summed E-state index contributed by atoms with van der Waals surface area (Å²) in [6.07, 6.45) is 0. The molecule has 20 heavy (non-hydrogen) atoms. The third-order valence-corrected chi connectivity index (χ3v) is 4.76. The van der Waals surface area contributed by atoms with Crippen LogP contribution in [0.1, 0.15) is 25.1 Å². The standard InChI is InChI=1S/C12H15N2O5P/c1-3-18-20(17,19-4-2)12(9-13)10-5-7-11(8-6-10)14(15)16/h5-8,12H,3-4H2,1-2H3. The van der Waals surface area contributed by atoms with E-state index in [9.17, 15) is 19.9 Å². The maximum atomic E-state index is 12.6. The highest BCUT2D eigenvalue weighted by molar-refractivity contribution is 7.54. The van der Waals surface area contributed by atoms with Crippen molar-refractivity contribution in [1.29, 1.82) is 5.26 Å². The average molecular weight is 298 g/mol. The van der Waals surface area contributed by atoms with Gasteiger partial charge in [0.25, 0.3) is 5.69 Å². The number of nitrogens with zero attached hydrogens (tertiary/aromatic N) is 2. The second kappa shape index (κ2) is 7.15. The number of hydrogen-bond acceptors (Lipinski definition) is 6. The molecule has 1 atom stereocenters. The lowest BCUT2D eigenvalue weighted by Crippen LogP contribution is -2.05. The first-order valence-corrected chi connectivity index (χ1v) is 7.62. The number of rotatable bonds is 7. The van der Waals surface area contributed by atoms with E-state index < -0.39 is 18.2 Å². The normalized spacial score (nSPS) is 12.7. The monoisotopic (exact) mass is 298 g/mol. The molecule has 0 fully saturated rings. The van der Waals surface area contributed by atoms with Crippen LogP contribution in [0.15, 0.2) is 24.3 Å². The van der Waals surface area contributed by atoms with E-state index in [2.05, 4.69) is 0 Å². The van der Waals surface area contributed by atoms with Gasteiger partial charge in [-0.25, -0.2) is 0 Å². The molecule has 0 bridgehead atoms. The summed E-state index contributed by atoms with van der Waals surface area (Å²) in [5.74, 6) is 0. The van der Waals surface area contributed by atoms with Gasteiger partial charge in [0, 0.05) is 12.1 Å². The van der Waals surface area contributed by atoms with Crippen LogP contribution in [0.2, 0.25) is 0 Å². The Hall–Kier alpha value is -1.74. The van der Waals surface area contributed by atoms with Crippen molar-refractivity contribution in [3.63, 3.8) is 0 Å². The zero-order valence-electron chi connectivity index (χ0n) is 11.2. The minimum absolute atomic E-state index is 0.104. The smallest absolute Gasteiger partial charge is 0.308 e.